The fraction of sp³-hybridized carbons (Fsp3) is 0.500. The predicted octanol–water partition coefficient (Wildman–Crippen LogP) is 3.06. The highest BCUT2D eigenvalue weighted by Crippen LogP contribution is 2.37. The Balaban J connectivity index is 2.27. The number of hydrogen-bond donors (Lipinski definition) is 1. The number of halogens is 1. The maximum atomic E-state index is 12.9. The van der Waals surface area contributed by atoms with Gasteiger partial charge >= 0.3 is 5.97 Å². The normalized spacial score (nSPS) is 26.8. The Morgan fingerprint density at radius 1 is 1.47 bits per heavy atom. The monoisotopic (exact) mass is 283 g/mol. The zero-order valence-corrected chi connectivity index (χ0v) is 11.9. The van der Waals surface area contributed by atoms with Crippen LogP contribution in [-0.4, -0.2) is 29.6 Å². The molecule has 0 bridgehead atoms. The first kappa shape index (κ1) is 14.2. The molecule has 104 valence electrons. The molecule has 0 amide bonds. The molecule has 0 spiro atoms. The van der Waals surface area contributed by atoms with Crippen molar-refractivity contribution in [2.45, 2.75) is 30.6 Å². The van der Waals surface area contributed by atoms with Crippen LogP contribution in [0.5, 0.6) is 0 Å². The van der Waals surface area contributed by atoms with Crippen LogP contribution in [0, 0.1) is 5.82 Å². The maximum absolute atomic E-state index is 12.9. The summed E-state index contributed by atoms with van der Waals surface area (Å²) in [6.07, 6.45) is 1.68. The average Bonchev–Trinajstić information content (AvgIpc) is 2.43. The summed E-state index contributed by atoms with van der Waals surface area (Å²) in [4.78, 5) is 12.2. The van der Waals surface area contributed by atoms with Crippen molar-refractivity contribution in [1.82, 2.24) is 0 Å². The molecule has 1 aromatic carbocycles. The minimum Gasteiger partial charge on any atom is -0.467 e. The van der Waals surface area contributed by atoms with Gasteiger partial charge in [-0.1, -0.05) is 6.92 Å². The SMILES string of the molecule is COC(=O)C1(Nc2ccc(F)cc2)CCCSC1C. The van der Waals surface area contributed by atoms with Crippen LogP contribution in [0.2, 0.25) is 0 Å². The van der Waals surface area contributed by atoms with Crippen LogP contribution in [0.15, 0.2) is 24.3 Å². The van der Waals surface area contributed by atoms with Crippen molar-refractivity contribution in [2.75, 3.05) is 18.2 Å². The highest BCUT2D eigenvalue weighted by Gasteiger charge is 2.46. The van der Waals surface area contributed by atoms with Gasteiger partial charge < -0.3 is 10.1 Å². The molecule has 1 aliphatic rings. The minimum atomic E-state index is -0.727. The van der Waals surface area contributed by atoms with Crippen LogP contribution in [0.4, 0.5) is 10.1 Å². The number of ether oxygens (including phenoxy) is 1. The van der Waals surface area contributed by atoms with Crippen LogP contribution in [0.25, 0.3) is 0 Å². The van der Waals surface area contributed by atoms with E-state index in [-0.39, 0.29) is 17.0 Å². The van der Waals surface area contributed by atoms with Gasteiger partial charge in [-0.05, 0) is 42.9 Å². The van der Waals surface area contributed by atoms with E-state index >= 15 is 0 Å². The van der Waals surface area contributed by atoms with Crippen LogP contribution < -0.4 is 5.32 Å². The third kappa shape index (κ3) is 2.86. The van der Waals surface area contributed by atoms with Gasteiger partial charge in [-0.15, -0.1) is 0 Å². The van der Waals surface area contributed by atoms with E-state index in [0.29, 0.717) is 0 Å². The lowest BCUT2D eigenvalue weighted by molar-refractivity contribution is -0.146. The summed E-state index contributed by atoms with van der Waals surface area (Å²) >= 11 is 1.75. The van der Waals surface area contributed by atoms with E-state index in [1.807, 2.05) is 6.92 Å². The largest absolute Gasteiger partial charge is 0.467 e. The first-order valence-corrected chi connectivity index (χ1v) is 7.37. The fourth-order valence-electron chi connectivity index (χ4n) is 2.41. The van der Waals surface area contributed by atoms with Crippen molar-refractivity contribution in [3.8, 4) is 0 Å². The number of hydrogen-bond acceptors (Lipinski definition) is 4. The number of carbonyl (C=O) groups excluding carboxylic acids is 1. The van der Waals surface area contributed by atoms with E-state index < -0.39 is 5.54 Å². The molecule has 2 rings (SSSR count). The van der Waals surface area contributed by atoms with Crippen molar-refractivity contribution in [2.24, 2.45) is 0 Å². The number of carbonyl (C=O) groups is 1. The summed E-state index contributed by atoms with van der Waals surface area (Å²) < 4.78 is 17.9. The molecule has 0 saturated carbocycles. The van der Waals surface area contributed by atoms with E-state index in [1.54, 1.807) is 23.9 Å². The second kappa shape index (κ2) is 5.82. The zero-order valence-electron chi connectivity index (χ0n) is 11.1. The van der Waals surface area contributed by atoms with Crippen LogP contribution >= 0.6 is 11.8 Å². The van der Waals surface area contributed by atoms with Gasteiger partial charge in [-0.2, -0.15) is 11.8 Å². The van der Waals surface area contributed by atoms with E-state index in [9.17, 15) is 9.18 Å². The third-order valence-electron chi connectivity index (χ3n) is 3.54. The van der Waals surface area contributed by atoms with Crippen LogP contribution in [0.3, 0.4) is 0 Å². The van der Waals surface area contributed by atoms with Crippen molar-refractivity contribution < 1.29 is 13.9 Å². The van der Waals surface area contributed by atoms with Gasteiger partial charge in [0.2, 0.25) is 0 Å². The smallest absolute Gasteiger partial charge is 0.332 e. The molecule has 1 fully saturated rings. The lowest BCUT2D eigenvalue weighted by atomic mass is 9.89. The molecule has 1 aliphatic heterocycles. The number of rotatable bonds is 3. The van der Waals surface area contributed by atoms with Gasteiger partial charge in [-0.3, -0.25) is 0 Å². The molecule has 1 heterocycles. The lowest BCUT2D eigenvalue weighted by Crippen LogP contribution is -2.55. The maximum Gasteiger partial charge on any atom is 0.332 e. The first-order valence-electron chi connectivity index (χ1n) is 6.32. The van der Waals surface area contributed by atoms with Gasteiger partial charge in [0.15, 0.2) is 0 Å². The second-order valence-corrected chi connectivity index (χ2v) is 6.16. The highest BCUT2D eigenvalue weighted by atomic mass is 32.2. The fourth-order valence-corrected chi connectivity index (χ4v) is 3.63. The Bertz CT molecular complexity index is 451. The molecule has 1 saturated heterocycles. The highest BCUT2D eigenvalue weighted by molar-refractivity contribution is 8.00. The number of anilines is 1. The van der Waals surface area contributed by atoms with E-state index in [2.05, 4.69) is 5.32 Å². The van der Waals surface area contributed by atoms with E-state index in [4.69, 9.17) is 4.74 Å². The zero-order chi connectivity index (χ0) is 13.9. The van der Waals surface area contributed by atoms with Gasteiger partial charge in [0.05, 0.1) is 7.11 Å². The Morgan fingerprint density at radius 2 is 2.16 bits per heavy atom. The number of nitrogens with one attached hydrogen (secondary N) is 1. The van der Waals surface area contributed by atoms with Crippen molar-refractivity contribution in [3.63, 3.8) is 0 Å². The number of methoxy groups -OCH3 is 1. The van der Waals surface area contributed by atoms with Gasteiger partial charge in [0.25, 0.3) is 0 Å². The average molecular weight is 283 g/mol. The summed E-state index contributed by atoms with van der Waals surface area (Å²) in [5.74, 6) is 0.505. The molecular formula is C14H18FNO2S. The molecule has 0 radical (unpaired) electrons. The Hall–Kier alpha value is -1.23. The topological polar surface area (TPSA) is 38.3 Å². The summed E-state index contributed by atoms with van der Waals surface area (Å²) in [7, 11) is 1.41. The van der Waals surface area contributed by atoms with Crippen LogP contribution in [0.1, 0.15) is 19.8 Å². The first-order chi connectivity index (χ1) is 9.08. The van der Waals surface area contributed by atoms with E-state index in [0.717, 1.165) is 24.3 Å². The standard InChI is InChI=1S/C14H18FNO2S/c1-10-14(13(17)18-2,8-3-9-19-10)16-12-6-4-11(15)5-7-12/h4-7,10,16H,3,8-9H2,1-2H3. The van der Waals surface area contributed by atoms with Crippen LogP contribution in [-0.2, 0) is 9.53 Å². The number of esters is 1. The summed E-state index contributed by atoms with van der Waals surface area (Å²) in [6, 6.07) is 6.06. The van der Waals surface area contributed by atoms with E-state index in [1.165, 1.54) is 19.2 Å². The Labute approximate surface area is 116 Å². The third-order valence-corrected chi connectivity index (χ3v) is 4.97. The Morgan fingerprint density at radius 3 is 2.74 bits per heavy atom. The number of benzene rings is 1. The molecular weight excluding hydrogens is 265 g/mol. The quantitative estimate of drug-likeness (QED) is 0.865. The van der Waals surface area contributed by atoms with Crippen molar-refractivity contribution in [1.29, 1.82) is 0 Å². The van der Waals surface area contributed by atoms with Gasteiger partial charge in [-0.25, -0.2) is 9.18 Å². The molecule has 1 N–H and O–H groups in total. The number of thioether (sulfide) groups is 1. The van der Waals surface area contributed by atoms with Crippen molar-refractivity contribution >= 4 is 23.4 Å². The van der Waals surface area contributed by atoms with Gasteiger partial charge in [0, 0.05) is 10.9 Å². The molecule has 2 unspecified atom stereocenters. The second-order valence-electron chi connectivity index (χ2n) is 4.71. The summed E-state index contributed by atoms with van der Waals surface area (Å²) in [6.45, 7) is 2.03. The lowest BCUT2D eigenvalue weighted by Gasteiger charge is -2.40. The van der Waals surface area contributed by atoms with Gasteiger partial charge in [0.1, 0.15) is 11.4 Å². The molecule has 2 atom stereocenters. The summed E-state index contributed by atoms with van der Waals surface area (Å²) in [5, 5.41) is 3.37. The van der Waals surface area contributed by atoms with Crippen molar-refractivity contribution in [3.05, 3.63) is 30.1 Å². The Kier molecular flexibility index (Phi) is 4.34. The molecule has 0 aliphatic carbocycles. The summed E-state index contributed by atoms with van der Waals surface area (Å²) in [5.41, 5.74) is 0.0105. The molecule has 5 heteroatoms. The molecule has 1 aromatic rings. The molecule has 19 heavy (non-hydrogen) atoms. The predicted molar refractivity (Wildman–Crippen MR) is 75.9 cm³/mol. The molecule has 0 aromatic heterocycles. The molecule has 3 nitrogen and oxygen atoms in total. The minimum absolute atomic E-state index is 0.110.